The van der Waals surface area contributed by atoms with Gasteiger partial charge in [-0.3, -0.25) is 0 Å². The van der Waals surface area contributed by atoms with E-state index in [2.05, 4.69) is 4.98 Å². The number of rotatable bonds is 6. The number of halogens is 3. The first kappa shape index (κ1) is 17.2. The maximum Gasteiger partial charge on any atom is 0.406 e. The van der Waals surface area contributed by atoms with Crippen molar-refractivity contribution in [2.75, 3.05) is 11.4 Å². The van der Waals surface area contributed by atoms with Crippen LogP contribution in [0.1, 0.15) is 50.6 Å². The third-order valence-electron chi connectivity index (χ3n) is 3.16. The highest BCUT2D eigenvalue weighted by molar-refractivity contribution is 7.15. The Bertz CT molecular complexity index is 432. The summed E-state index contributed by atoms with van der Waals surface area (Å²) >= 11 is 1.15. The quantitative estimate of drug-likeness (QED) is 0.865. The average Bonchev–Trinajstić information content (AvgIpc) is 2.77. The van der Waals surface area contributed by atoms with E-state index in [1.54, 1.807) is 13.8 Å². The lowest BCUT2D eigenvalue weighted by atomic mass is 10.0. The number of hydrogen-bond acceptors (Lipinski definition) is 4. The van der Waals surface area contributed by atoms with Crippen molar-refractivity contribution in [1.29, 1.82) is 0 Å². The number of alkyl halides is 3. The van der Waals surface area contributed by atoms with E-state index in [1.807, 2.05) is 13.8 Å². The van der Waals surface area contributed by atoms with Gasteiger partial charge in [-0.25, -0.2) is 4.98 Å². The Morgan fingerprint density at radius 3 is 2.30 bits per heavy atom. The molecule has 0 spiro atoms. The van der Waals surface area contributed by atoms with Crippen LogP contribution in [0.25, 0.3) is 0 Å². The number of aliphatic hydroxyl groups is 1. The Morgan fingerprint density at radius 2 is 1.90 bits per heavy atom. The molecule has 3 nitrogen and oxygen atoms in total. The summed E-state index contributed by atoms with van der Waals surface area (Å²) in [6.45, 7) is 6.14. The summed E-state index contributed by atoms with van der Waals surface area (Å²) in [5, 5.41) is 9.69. The molecule has 0 bridgehead atoms. The van der Waals surface area contributed by atoms with Gasteiger partial charge in [0.05, 0.1) is 17.2 Å². The van der Waals surface area contributed by atoms with E-state index < -0.39 is 12.7 Å². The van der Waals surface area contributed by atoms with Crippen LogP contribution >= 0.6 is 11.3 Å². The van der Waals surface area contributed by atoms with Crippen molar-refractivity contribution >= 4 is 16.5 Å². The molecule has 0 saturated heterocycles. The van der Waals surface area contributed by atoms with Crippen molar-refractivity contribution in [3.05, 3.63) is 10.6 Å². The maximum atomic E-state index is 12.7. The molecule has 0 aliphatic carbocycles. The van der Waals surface area contributed by atoms with Gasteiger partial charge in [0, 0.05) is 6.04 Å². The van der Waals surface area contributed by atoms with E-state index in [4.69, 9.17) is 0 Å². The Labute approximate surface area is 121 Å². The Hall–Kier alpha value is -0.820. The molecule has 7 heteroatoms. The molecule has 0 radical (unpaired) electrons. The van der Waals surface area contributed by atoms with Gasteiger partial charge in [-0.2, -0.15) is 13.2 Å². The van der Waals surface area contributed by atoms with Crippen LogP contribution in [-0.2, 0) is 6.61 Å². The van der Waals surface area contributed by atoms with Crippen molar-refractivity contribution < 1.29 is 18.3 Å². The zero-order valence-corrected chi connectivity index (χ0v) is 13.0. The molecule has 0 amide bonds. The molecule has 1 rings (SSSR count). The van der Waals surface area contributed by atoms with E-state index in [1.165, 1.54) is 4.90 Å². The zero-order valence-electron chi connectivity index (χ0n) is 12.2. The number of aliphatic hydroxyl groups excluding tert-OH is 1. The summed E-state index contributed by atoms with van der Waals surface area (Å²) < 4.78 is 38.0. The molecule has 1 unspecified atom stereocenters. The second kappa shape index (κ2) is 6.76. The molecule has 20 heavy (non-hydrogen) atoms. The summed E-state index contributed by atoms with van der Waals surface area (Å²) in [5.41, 5.74) is 0.711. The van der Waals surface area contributed by atoms with Gasteiger partial charge in [0.15, 0.2) is 5.13 Å². The molecule has 1 aromatic rings. The number of hydrogen-bond donors (Lipinski definition) is 1. The van der Waals surface area contributed by atoms with Crippen molar-refractivity contribution in [1.82, 2.24) is 4.98 Å². The summed E-state index contributed by atoms with van der Waals surface area (Å²) in [4.78, 5) is 6.23. The second-order valence-electron chi connectivity index (χ2n) is 5.11. The molecule has 0 fully saturated rings. The fraction of sp³-hybridized carbons (Fsp3) is 0.769. The lowest BCUT2D eigenvalue weighted by Gasteiger charge is -2.27. The standard InChI is InChI=1S/C13H21F3N2OS/c1-5-9(4)11-10(6-19)20-12(17-11)18(8(2)3)7-13(14,15)16/h8-9,19H,5-7H2,1-4H3. The van der Waals surface area contributed by atoms with Gasteiger partial charge in [-0.15, -0.1) is 0 Å². The van der Waals surface area contributed by atoms with E-state index >= 15 is 0 Å². The van der Waals surface area contributed by atoms with Crippen LogP contribution in [0.5, 0.6) is 0 Å². The minimum atomic E-state index is -4.27. The first-order valence-corrected chi connectivity index (χ1v) is 7.45. The third kappa shape index (κ3) is 4.34. The Balaban J connectivity index is 3.12. The lowest BCUT2D eigenvalue weighted by molar-refractivity contribution is -0.120. The van der Waals surface area contributed by atoms with Gasteiger partial charge in [-0.05, 0) is 26.2 Å². The topological polar surface area (TPSA) is 36.4 Å². The van der Waals surface area contributed by atoms with E-state index in [0.717, 1.165) is 17.8 Å². The minimum Gasteiger partial charge on any atom is -0.391 e. The van der Waals surface area contributed by atoms with E-state index in [0.29, 0.717) is 15.7 Å². The molecule has 0 aliphatic heterocycles. The predicted octanol–water partition coefficient (Wildman–Crippen LogP) is 3.93. The second-order valence-corrected chi connectivity index (χ2v) is 6.17. The van der Waals surface area contributed by atoms with Crippen molar-refractivity contribution in [2.45, 2.75) is 58.9 Å². The van der Waals surface area contributed by atoms with Gasteiger partial charge in [0.2, 0.25) is 0 Å². The van der Waals surface area contributed by atoms with Gasteiger partial charge in [0.1, 0.15) is 6.54 Å². The Kier molecular flexibility index (Phi) is 5.82. The van der Waals surface area contributed by atoms with Gasteiger partial charge < -0.3 is 10.0 Å². The monoisotopic (exact) mass is 310 g/mol. The van der Waals surface area contributed by atoms with Crippen LogP contribution in [0.15, 0.2) is 0 Å². The average molecular weight is 310 g/mol. The van der Waals surface area contributed by atoms with Crippen molar-refractivity contribution in [2.24, 2.45) is 0 Å². The smallest absolute Gasteiger partial charge is 0.391 e. The SMILES string of the molecule is CCC(C)c1nc(N(CC(F)(F)F)C(C)C)sc1CO. The summed E-state index contributed by atoms with van der Waals surface area (Å²) in [7, 11) is 0. The lowest BCUT2D eigenvalue weighted by Crippen LogP contribution is -2.39. The Morgan fingerprint density at radius 1 is 1.30 bits per heavy atom. The molecule has 1 atom stereocenters. The van der Waals surface area contributed by atoms with Crippen LogP contribution in [0.3, 0.4) is 0 Å². The zero-order chi connectivity index (χ0) is 15.5. The molecule has 1 heterocycles. The van der Waals surface area contributed by atoms with Crippen LogP contribution in [0, 0.1) is 0 Å². The molecule has 0 aromatic carbocycles. The van der Waals surface area contributed by atoms with Crippen LogP contribution < -0.4 is 4.90 Å². The normalized spacial score (nSPS) is 13.8. The highest BCUT2D eigenvalue weighted by Gasteiger charge is 2.33. The molecule has 0 saturated carbocycles. The maximum absolute atomic E-state index is 12.7. The van der Waals surface area contributed by atoms with Crippen LogP contribution in [0.4, 0.5) is 18.3 Å². The third-order valence-corrected chi connectivity index (χ3v) is 4.25. The summed E-state index contributed by atoms with van der Waals surface area (Å²) in [6.07, 6.45) is -3.44. The van der Waals surface area contributed by atoms with Gasteiger partial charge in [-0.1, -0.05) is 25.2 Å². The molecule has 116 valence electrons. The van der Waals surface area contributed by atoms with Crippen LogP contribution in [0.2, 0.25) is 0 Å². The minimum absolute atomic E-state index is 0.127. The first-order chi connectivity index (χ1) is 9.19. The fourth-order valence-electron chi connectivity index (χ4n) is 1.83. The van der Waals surface area contributed by atoms with Gasteiger partial charge >= 0.3 is 6.18 Å². The largest absolute Gasteiger partial charge is 0.406 e. The van der Waals surface area contributed by atoms with E-state index in [9.17, 15) is 18.3 Å². The number of nitrogens with zero attached hydrogens (tertiary/aromatic N) is 2. The fourth-order valence-corrected chi connectivity index (χ4v) is 3.00. The molecule has 1 N–H and O–H groups in total. The van der Waals surface area contributed by atoms with Gasteiger partial charge in [0.25, 0.3) is 0 Å². The highest BCUT2D eigenvalue weighted by Crippen LogP contribution is 2.34. The molecular formula is C13H21F3N2OS. The van der Waals surface area contributed by atoms with Crippen LogP contribution in [-0.4, -0.2) is 28.9 Å². The predicted molar refractivity (Wildman–Crippen MR) is 75.3 cm³/mol. The number of aromatic nitrogens is 1. The summed E-state index contributed by atoms with van der Waals surface area (Å²) in [6, 6.07) is -0.306. The molecular weight excluding hydrogens is 289 g/mol. The summed E-state index contributed by atoms with van der Waals surface area (Å²) in [5.74, 6) is 0.127. The number of anilines is 1. The molecule has 0 aliphatic rings. The highest BCUT2D eigenvalue weighted by atomic mass is 32.1. The van der Waals surface area contributed by atoms with Crippen molar-refractivity contribution in [3.8, 4) is 0 Å². The first-order valence-electron chi connectivity index (χ1n) is 6.63. The molecule has 1 aromatic heterocycles. The number of thiazole rings is 1. The van der Waals surface area contributed by atoms with E-state index in [-0.39, 0.29) is 18.6 Å². The van der Waals surface area contributed by atoms with Crippen molar-refractivity contribution in [3.63, 3.8) is 0 Å².